The van der Waals surface area contributed by atoms with Gasteiger partial charge in [0.2, 0.25) is 5.91 Å². The first-order valence-corrected chi connectivity index (χ1v) is 7.13. The fraction of sp³-hybridized carbons (Fsp3) is 0.0588. The van der Waals surface area contributed by atoms with Crippen molar-refractivity contribution in [2.75, 3.05) is 12.4 Å². The zero-order valence-electron chi connectivity index (χ0n) is 12.3. The Hall–Kier alpha value is -2.66. The lowest BCUT2D eigenvalue weighted by Crippen LogP contribution is -2.17. The van der Waals surface area contributed by atoms with Crippen LogP contribution in [0.5, 0.6) is 0 Å². The maximum Gasteiger partial charge on any atom is 0.251 e. The van der Waals surface area contributed by atoms with Gasteiger partial charge in [0.25, 0.3) is 5.91 Å². The number of rotatable bonds is 4. The highest BCUT2D eigenvalue weighted by Gasteiger charge is 2.04. The minimum Gasteiger partial charge on any atom is -0.355 e. The standard InChI is InChI=1S/C17H14ClFN2O2/c1-20-17(23)12-5-2-11(3-6-12)4-9-16(22)21-13-7-8-14(18)15(19)10-13/h2-10H,1H3,(H,20,23)(H,21,22)/b9-4+. The van der Waals surface area contributed by atoms with Crippen LogP contribution in [0, 0.1) is 5.82 Å². The first-order chi connectivity index (χ1) is 11.0. The Labute approximate surface area is 138 Å². The predicted molar refractivity (Wildman–Crippen MR) is 88.9 cm³/mol. The molecule has 2 aromatic carbocycles. The van der Waals surface area contributed by atoms with Gasteiger partial charge in [-0.3, -0.25) is 9.59 Å². The molecule has 6 heteroatoms. The van der Waals surface area contributed by atoms with Crippen LogP contribution in [0.4, 0.5) is 10.1 Å². The number of benzene rings is 2. The van der Waals surface area contributed by atoms with Gasteiger partial charge in [-0.1, -0.05) is 23.7 Å². The molecule has 4 nitrogen and oxygen atoms in total. The molecule has 2 amide bonds. The molecule has 2 N–H and O–H groups in total. The van der Waals surface area contributed by atoms with Crippen molar-refractivity contribution in [3.63, 3.8) is 0 Å². The van der Waals surface area contributed by atoms with E-state index >= 15 is 0 Å². The van der Waals surface area contributed by atoms with E-state index in [1.54, 1.807) is 37.4 Å². The van der Waals surface area contributed by atoms with E-state index in [-0.39, 0.29) is 10.9 Å². The van der Waals surface area contributed by atoms with E-state index < -0.39 is 11.7 Å². The van der Waals surface area contributed by atoms with Gasteiger partial charge in [-0.2, -0.15) is 0 Å². The summed E-state index contributed by atoms with van der Waals surface area (Å²) in [4.78, 5) is 23.2. The number of halogens is 2. The number of hydrogen-bond acceptors (Lipinski definition) is 2. The van der Waals surface area contributed by atoms with Gasteiger partial charge in [0.1, 0.15) is 5.82 Å². The summed E-state index contributed by atoms with van der Waals surface area (Å²) >= 11 is 5.57. The fourth-order valence-corrected chi connectivity index (χ4v) is 1.94. The lowest BCUT2D eigenvalue weighted by Gasteiger charge is -2.03. The molecule has 0 aliphatic rings. The molecule has 0 aliphatic carbocycles. The summed E-state index contributed by atoms with van der Waals surface area (Å²) in [6.45, 7) is 0. The van der Waals surface area contributed by atoms with Crippen LogP contribution in [0.15, 0.2) is 48.5 Å². The Bertz CT molecular complexity index is 758. The summed E-state index contributed by atoms with van der Waals surface area (Å²) in [5.41, 5.74) is 1.61. The van der Waals surface area contributed by atoms with Crippen LogP contribution in [0.25, 0.3) is 6.08 Å². The van der Waals surface area contributed by atoms with Gasteiger partial charge in [-0.25, -0.2) is 4.39 Å². The lowest BCUT2D eigenvalue weighted by atomic mass is 10.1. The molecule has 2 aromatic rings. The quantitative estimate of drug-likeness (QED) is 0.842. The highest BCUT2D eigenvalue weighted by Crippen LogP contribution is 2.18. The number of carbonyl (C=O) groups is 2. The van der Waals surface area contributed by atoms with Gasteiger partial charge < -0.3 is 10.6 Å². The van der Waals surface area contributed by atoms with Crippen LogP contribution in [0.1, 0.15) is 15.9 Å². The van der Waals surface area contributed by atoms with Crippen molar-refractivity contribution < 1.29 is 14.0 Å². The second-order valence-electron chi connectivity index (χ2n) is 4.65. The van der Waals surface area contributed by atoms with Crippen molar-refractivity contribution >= 4 is 35.2 Å². The molecule has 0 bridgehead atoms. The summed E-state index contributed by atoms with van der Waals surface area (Å²) in [6.07, 6.45) is 2.91. The van der Waals surface area contributed by atoms with E-state index in [4.69, 9.17) is 11.6 Å². The topological polar surface area (TPSA) is 58.2 Å². The monoisotopic (exact) mass is 332 g/mol. The Kier molecular flexibility index (Phi) is 5.49. The number of carbonyl (C=O) groups excluding carboxylic acids is 2. The molecule has 0 aromatic heterocycles. The Morgan fingerprint density at radius 3 is 2.43 bits per heavy atom. The van der Waals surface area contributed by atoms with E-state index in [2.05, 4.69) is 10.6 Å². The highest BCUT2D eigenvalue weighted by atomic mass is 35.5. The normalized spacial score (nSPS) is 10.6. The molecule has 118 valence electrons. The summed E-state index contributed by atoms with van der Waals surface area (Å²) in [7, 11) is 1.56. The molecule has 0 saturated heterocycles. The first-order valence-electron chi connectivity index (χ1n) is 6.76. The zero-order valence-corrected chi connectivity index (χ0v) is 13.0. The minimum absolute atomic E-state index is 0.00486. The molecule has 0 atom stereocenters. The van der Waals surface area contributed by atoms with Crippen molar-refractivity contribution in [3.05, 3.63) is 70.5 Å². The maximum atomic E-state index is 13.3. The van der Waals surface area contributed by atoms with Crippen LogP contribution < -0.4 is 10.6 Å². The Balaban J connectivity index is 2.00. The molecule has 0 radical (unpaired) electrons. The highest BCUT2D eigenvalue weighted by molar-refractivity contribution is 6.30. The molecule has 0 aliphatic heterocycles. The van der Waals surface area contributed by atoms with Gasteiger partial charge in [-0.15, -0.1) is 0 Å². The van der Waals surface area contributed by atoms with Crippen molar-refractivity contribution in [2.24, 2.45) is 0 Å². The number of anilines is 1. The molecule has 0 unspecified atom stereocenters. The van der Waals surface area contributed by atoms with Crippen molar-refractivity contribution in [1.82, 2.24) is 5.32 Å². The summed E-state index contributed by atoms with van der Waals surface area (Å²) in [5, 5.41) is 5.05. The summed E-state index contributed by atoms with van der Waals surface area (Å²) in [5.74, 6) is -1.18. The van der Waals surface area contributed by atoms with Gasteiger partial charge in [0, 0.05) is 24.4 Å². The zero-order chi connectivity index (χ0) is 16.8. The number of amides is 2. The molecule has 2 rings (SSSR count). The Morgan fingerprint density at radius 2 is 1.83 bits per heavy atom. The minimum atomic E-state index is -0.599. The van der Waals surface area contributed by atoms with E-state index in [1.165, 1.54) is 18.2 Å². The molecular weight excluding hydrogens is 319 g/mol. The first kappa shape index (κ1) is 16.7. The summed E-state index contributed by atoms with van der Waals surface area (Å²) < 4.78 is 13.3. The third kappa shape index (κ3) is 4.66. The predicted octanol–water partition coefficient (Wildman–Crippen LogP) is 3.49. The SMILES string of the molecule is CNC(=O)c1ccc(/C=C/C(=O)Nc2ccc(Cl)c(F)c2)cc1. The lowest BCUT2D eigenvalue weighted by molar-refractivity contribution is -0.111. The molecule has 0 spiro atoms. The van der Waals surface area contributed by atoms with Gasteiger partial charge in [0.15, 0.2) is 0 Å². The van der Waals surface area contributed by atoms with Crippen molar-refractivity contribution in [1.29, 1.82) is 0 Å². The van der Waals surface area contributed by atoms with Crippen LogP contribution >= 0.6 is 11.6 Å². The van der Waals surface area contributed by atoms with Gasteiger partial charge in [0.05, 0.1) is 5.02 Å². The number of hydrogen-bond donors (Lipinski definition) is 2. The van der Waals surface area contributed by atoms with Gasteiger partial charge >= 0.3 is 0 Å². The second kappa shape index (κ2) is 7.56. The third-order valence-corrected chi connectivity index (χ3v) is 3.32. The maximum absolute atomic E-state index is 13.3. The Morgan fingerprint density at radius 1 is 1.13 bits per heavy atom. The number of nitrogens with one attached hydrogen (secondary N) is 2. The largest absolute Gasteiger partial charge is 0.355 e. The van der Waals surface area contributed by atoms with E-state index in [0.717, 1.165) is 11.6 Å². The second-order valence-corrected chi connectivity index (χ2v) is 5.06. The smallest absolute Gasteiger partial charge is 0.251 e. The van der Waals surface area contributed by atoms with E-state index in [9.17, 15) is 14.0 Å². The fourth-order valence-electron chi connectivity index (χ4n) is 1.82. The average Bonchev–Trinajstić information content (AvgIpc) is 2.56. The average molecular weight is 333 g/mol. The van der Waals surface area contributed by atoms with E-state index in [0.29, 0.717) is 11.3 Å². The summed E-state index contributed by atoms with van der Waals surface area (Å²) in [6, 6.07) is 10.8. The van der Waals surface area contributed by atoms with Crippen molar-refractivity contribution in [3.8, 4) is 0 Å². The molecule has 0 heterocycles. The molecule has 0 saturated carbocycles. The molecular formula is C17H14ClFN2O2. The van der Waals surface area contributed by atoms with Crippen LogP contribution in [0.2, 0.25) is 5.02 Å². The van der Waals surface area contributed by atoms with Crippen LogP contribution in [-0.4, -0.2) is 18.9 Å². The molecule has 23 heavy (non-hydrogen) atoms. The van der Waals surface area contributed by atoms with Crippen LogP contribution in [-0.2, 0) is 4.79 Å². The van der Waals surface area contributed by atoms with E-state index in [1.807, 2.05) is 0 Å². The van der Waals surface area contributed by atoms with Crippen molar-refractivity contribution in [2.45, 2.75) is 0 Å². The van der Waals surface area contributed by atoms with Crippen LogP contribution in [0.3, 0.4) is 0 Å². The third-order valence-electron chi connectivity index (χ3n) is 3.01. The molecule has 0 fully saturated rings. The van der Waals surface area contributed by atoms with Gasteiger partial charge in [-0.05, 0) is 42.0 Å².